The van der Waals surface area contributed by atoms with E-state index < -0.39 is 0 Å². The first-order valence-electron chi connectivity index (χ1n) is 7.34. The highest BCUT2D eigenvalue weighted by Crippen LogP contribution is 2.23. The monoisotopic (exact) mass is 353 g/mol. The molecule has 2 fully saturated rings. The van der Waals surface area contributed by atoms with Crippen molar-refractivity contribution in [2.24, 2.45) is 0 Å². The van der Waals surface area contributed by atoms with Crippen molar-refractivity contribution in [2.45, 2.75) is 12.5 Å². The minimum Gasteiger partial charge on any atom is -0.328 e. The highest BCUT2D eigenvalue weighted by molar-refractivity contribution is 9.10. The van der Waals surface area contributed by atoms with E-state index in [9.17, 15) is 9.59 Å². The van der Waals surface area contributed by atoms with Gasteiger partial charge >= 0.3 is 0 Å². The van der Waals surface area contributed by atoms with Crippen molar-refractivity contribution in [3.63, 3.8) is 0 Å². The lowest BCUT2D eigenvalue weighted by molar-refractivity contribution is -1.01. The summed E-state index contributed by atoms with van der Waals surface area (Å²) in [5, 5.41) is 0. The number of likely N-dealkylation sites (N-methyl/N-ethyl adjacent to an activating group) is 1. The Morgan fingerprint density at radius 3 is 2.33 bits per heavy atom. The van der Waals surface area contributed by atoms with E-state index in [0.717, 1.165) is 30.7 Å². The van der Waals surface area contributed by atoms with Crippen LogP contribution in [-0.4, -0.2) is 51.1 Å². The lowest BCUT2D eigenvalue weighted by Gasteiger charge is -2.30. The second kappa shape index (κ2) is 5.87. The Morgan fingerprint density at radius 1 is 1.10 bits per heavy atom. The molecule has 2 saturated heterocycles. The van der Waals surface area contributed by atoms with Crippen molar-refractivity contribution in [3.05, 3.63) is 28.7 Å². The largest absolute Gasteiger partial charge is 0.328 e. The van der Waals surface area contributed by atoms with Crippen molar-refractivity contribution in [1.82, 2.24) is 0 Å². The van der Waals surface area contributed by atoms with E-state index >= 15 is 0 Å². The van der Waals surface area contributed by atoms with E-state index in [-0.39, 0.29) is 17.9 Å². The van der Waals surface area contributed by atoms with Gasteiger partial charge in [-0.3, -0.25) is 9.59 Å². The summed E-state index contributed by atoms with van der Waals surface area (Å²) in [6.45, 7) is 4.05. The van der Waals surface area contributed by atoms with Gasteiger partial charge in [-0.15, -0.1) is 0 Å². The molecule has 2 aliphatic heterocycles. The number of imide groups is 1. The van der Waals surface area contributed by atoms with Crippen LogP contribution in [0.4, 0.5) is 5.69 Å². The number of carbonyl (C=O) groups excluding carboxylic acids is 2. The molecule has 0 radical (unpaired) electrons. The summed E-state index contributed by atoms with van der Waals surface area (Å²) in [5.74, 6) is -0.122. The predicted molar refractivity (Wildman–Crippen MR) is 82.4 cm³/mol. The molecule has 2 amide bonds. The first-order chi connectivity index (χ1) is 10.1. The molecule has 0 unspecified atom stereocenters. The molecule has 1 atom stereocenters. The fourth-order valence-corrected chi connectivity index (χ4v) is 3.42. The molecule has 2 aliphatic rings. The molecule has 5 nitrogen and oxygen atoms in total. The Morgan fingerprint density at radius 2 is 1.71 bits per heavy atom. The lowest BCUT2D eigenvalue weighted by atomic mass is 10.2. The van der Waals surface area contributed by atoms with Crippen LogP contribution in [0.2, 0.25) is 0 Å². The number of rotatable bonds is 2. The zero-order valence-corrected chi connectivity index (χ0v) is 13.6. The molecule has 0 saturated carbocycles. The van der Waals surface area contributed by atoms with Crippen LogP contribution in [0.15, 0.2) is 28.7 Å². The number of hydrogen-bond acceptors (Lipinski definition) is 2. The number of piperazine rings is 1. The summed E-state index contributed by atoms with van der Waals surface area (Å²) in [6.07, 6.45) is 0.337. The van der Waals surface area contributed by atoms with E-state index in [2.05, 4.69) is 23.0 Å². The van der Waals surface area contributed by atoms with Gasteiger partial charge in [-0.25, -0.2) is 4.90 Å². The third-order valence-corrected chi connectivity index (χ3v) is 5.00. The maximum absolute atomic E-state index is 12.6. The molecule has 0 spiro atoms. The van der Waals surface area contributed by atoms with Crippen molar-refractivity contribution in [2.75, 3.05) is 38.1 Å². The zero-order valence-electron chi connectivity index (χ0n) is 12.1. The molecule has 112 valence electrons. The summed E-state index contributed by atoms with van der Waals surface area (Å²) >= 11 is 3.37. The Balaban J connectivity index is 1.77. The Bertz CT molecular complexity index is 553. The molecule has 0 bridgehead atoms. The molecule has 6 heteroatoms. The van der Waals surface area contributed by atoms with Gasteiger partial charge in [-0.05, 0) is 24.3 Å². The Labute approximate surface area is 132 Å². The molecule has 21 heavy (non-hydrogen) atoms. The molecule has 3 rings (SSSR count). The van der Waals surface area contributed by atoms with Gasteiger partial charge in [-0.1, -0.05) is 15.9 Å². The van der Waals surface area contributed by atoms with Crippen molar-refractivity contribution >= 4 is 33.4 Å². The van der Waals surface area contributed by atoms with Crippen molar-refractivity contribution in [1.29, 1.82) is 0 Å². The number of nitrogens with one attached hydrogen (secondary N) is 2. The SMILES string of the molecule is C[NH+]1CC[NH+]([C@@H]2CC(=O)N(c3ccc(Br)cc3)C2=O)CC1. The Kier molecular flexibility index (Phi) is 4.10. The second-order valence-electron chi connectivity index (χ2n) is 5.92. The van der Waals surface area contributed by atoms with Crippen LogP contribution in [0.1, 0.15) is 6.42 Å². The summed E-state index contributed by atoms with van der Waals surface area (Å²) < 4.78 is 0.939. The van der Waals surface area contributed by atoms with Crippen LogP contribution in [0.25, 0.3) is 0 Å². The van der Waals surface area contributed by atoms with E-state index in [1.807, 2.05) is 24.3 Å². The third kappa shape index (κ3) is 2.88. The highest BCUT2D eigenvalue weighted by atomic mass is 79.9. The van der Waals surface area contributed by atoms with Crippen LogP contribution < -0.4 is 14.7 Å². The summed E-state index contributed by atoms with van der Waals surface area (Å²) in [6, 6.07) is 7.14. The zero-order chi connectivity index (χ0) is 15.0. The average Bonchev–Trinajstić information content (AvgIpc) is 2.76. The van der Waals surface area contributed by atoms with E-state index in [4.69, 9.17) is 0 Å². The van der Waals surface area contributed by atoms with Gasteiger partial charge in [-0.2, -0.15) is 0 Å². The maximum atomic E-state index is 12.6. The number of amides is 2. The first kappa shape index (κ1) is 14.7. The molecule has 1 aromatic rings. The van der Waals surface area contributed by atoms with Crippen LogP contribution in [0.5, 0.6) is 0 Å². The molecule has 2 N–H and O–H groups in total. The van der Waals surface area contributed by atoms with Crippen LogP contribution in [-0.2, 0) is 9.59 Å². The molecular weight excluding hydrogens is 334 g/mol. The van der Waals surface area contributed by atoms with E-state index in [1.54, 1.807) is 0 Å². The quantitative estimate of drug-likeness (QED) is 0.635. The summed E-state index contributed by atoms with van der Waals surface area (Å²) in [7, 11) is 2.17. The van der Waals surface area contributed by atoms with Gasteiger partial charge < -0.3 is 9.80 Å². The molecule has 2 heterocycles. The van der Waals surface area contributed by atoms with Crippen molar-refractivity contribution in [3.8, 4) is 0 Å². The maximum Gasteiger partial charge on any atom is 0.292 e. The fraction of sp³-hybridized carbons (Fsp3) is 0.467. The highest BCUT2D eigenvalue weighted by Gasteiger charge is 2.46. The van der Waals surface area contributed by atoms with Gasteiger partial charge in [0.15, 0.2) is 6.04 Å². The number of nitrogens with zero attached hydrogens (tertiary/aromatic N) is 1. The van der Waals surface area contributed by atoms with Gasteiger partial charge in [0.1, 0.15) is 26.2 Å². The number of hydrogen-bond donors (Lipinski definition) is 2. The van der Waals surface area contributed by atoms with Crippen LogP contribution in [0.3, 0.4) is 0 Å². The minimum atomic E-state index is -0.200. The molecular formula is C15H20BrN3O2+2. The van der Waals surface area contributed by atoms with E-state index in [0.29, 0.717) is 12.1 Å². The first-order valence-corrected chi connectivity index (χ1v) is 8.14. The van der Waals surface area contributed by atoms with Crippen LogP contribution >= 0.6 is 15.9 Å². The van der Waals surface area contributed by atoms with Gasteiger partial charge in [0.25, 0.3) is 5.91 Å². The molecule has 1 aromatic carbocycles. The average molecular weight is 354 g/mol. The topological polar surface area (TPSA) is 46.3 Å². The smallest absolute Gasteiger partial charge is 0.292 e. The fourth-order valence-electron chi connectivity index (χ4n) is 3.16. The number of anilines is 1. The molecule has 0 aromatic heterocycles. The predicted octanol–water partition coefficient (Wildman–Crippen LogP) is -1.51. The lowest BCUT2D eigenvalue weighted by Crippen LogP contribution is -3.29. The number of benzene rings is 1. The minimum absolute atomic E-state index is 0.0446. The number of halogens is 1. The number of quaternary nitrogens is 2. The summed E-state index contributed by atoms with van der Waals surface area (Å²) in [5.41, 5.74) is 0.676. The third-order valence-electron chi connectivity index (χ3n) is 4.47. The van der Waals surface area contributed by atoms with E-state index in [1.165, 1.54) is 14.7 Å². The van der Waals surface area contributed by atoms with Crippen molar-refractivity contribution < 1.29 is 19.4 Å². The van der Waals surface area contributed by atoms with Gasteiger partial charge in [0.2, 0.25) is 5.91 Å². The summed E-state index contributed by atoms with van der Waals surface area (Å²) in [4.78, 5) is 29.0. The molecule has 0 aliphatic carbocycles. The Hall–Kier alpha value is -1.24. The standard InChI is InChI=1S/C15H18BrN3O2/c1-17-6-8-18(9-7-17)13-10-14(20)19(15(13)21)12-4-2-11(16)3-5-12/h2-5,13H,6-10H2,1H3/p+2/t13-/m1/s1. The van der Waals surface area contributed by atoms with Gasteiger partial charge in [0.05, 0.1) is 19.2 Å². The number of carbonyl (C=O) groups is 2. The van der Waals surface area contributed by atoms with Crippen LogP contribution in [0, 0.1) is 0 Å². The van der Waals surface area contributed by atoms with Gasteiger partial charge in [0, 0.05) is 4.47 Å². The second-order valence-corrected chi connectivity index (χ2v) is 6.83. The normalized spacial score (nSPS) is 30.0.